The average Bonchev–Trinajstić information content (AvgIpc) is 2.93. The van der Waals surface area contributed by atoms with E-state index in [2.05, 4.69) is 20.9 Å². The number of imidazole rings is 1. The zero-order valence-corrected chi connectivity index (χ0v) is 11.4. The Morgan fingerprint density at radius 3 is 2.89 bits per heavy atom. The van der Waals surface area contributed by atoms with E-state index in [0.717, 1.165) is 33.2 Å². The number of ether oxygens (including phenoxy) is 2. The molecule has 0 atom stereocenters. The van der Waals surface area contributed by atoms with Crippen molar-refractivity contribution in [2.24, 2.45) is 12.8 Å². The summed E-state index contributed by atoms with van der Waals surface area (Å²) in [4.78, 5) is 4.48. The van der Waals surface area contributed by atoms with E-state index in [9.17, 15) is 0 Å². The summed E-state index contributed by atoms with van der Waals surface area (Å²) in [5, 5.41) is 0. The molecule has 5 nitrogen and oxygen atoms in total. The number of nitrogens with zero attached hydrogens (tertiary/aromatic N) is 2. The first-order chi connectivity index (χ1) is 8.70. The minimum atomic E-state index is 0.275. The zero-order valence-electron chi connectivity index (χ0n) is 9.81. The van der Waals surface area contributed by atoms with Crippen molar-refractivity contribution in [3.05, 3.63) is 28.5 Å². The first-order valence-electron chi connectivity index (χ1n) is 5.52. The molecule has 6 heteroatoms. The van der Waals surface area contributed by atoms with Crippen molar-refractivity contribution >= 4 is 15.9 Å². The van der Waals surface area contributed by atoms with Crippen LogP contribution in [0.25, 0.3) is 11.4 Å². The van der Waals surface area contributed by atoms with Gasteiger partial charge in [0.1, 0.15) is 10.4 Å². The van der Waals surface area contributed by atoms with Gasteiger partial charge in [-0.1, -0.05) is 0 Å². The Balaban J connectivity index is 2.10. The van der Waals surface area contributed by atoms with Crippen LogP contribution in [0.15, 0.2) is 22.8 Å². The lowest BCUT2D eigenvalue weighted by Gasteiger charge is -2.05. The van der Waals surface area contributed by atoms with Gasteiger partial charge in [-0.25, -0.2) is 4.98 Å². The highest BCUT2D eigenvalue weighted by Crippen LogP contribution is 2.36. The maximum absolute atomic E-state index is 5.70. The second-order valence-corrected chi connectivity index (χ2v) is 4.76. The van der Waals surface area contributed by atoms with E-state index in [1.807, 2.05) is 29.8 Å². The summed E-state index contributed by atoms with van der Waals surface area (Å²) in [6, 6.07) is 5.78. The van der Waals surface area contributed by atoms with Gasteiger partial charge in [0.05, 0.1) is 5.69 Å². The van der Waals surface area contributed by atoms with Crippen LogP contribution in [-0.2, 0) is 13.6 Å². The molecule has 0 bridgehead atoms. The maximum Gasteiger partial charge on any atom is 0.231 e. The van der Waals surface area contributed by atoms with Gasteiger partial charge >= 0.3 is 0 Å². The third-order valence-electron chi connectivity index (χ3n) is 2.99. The fourth-order valence-electron chi connectivity index (χ4n) is 2.01. The van der Waals surface area contributed by atoms with Gasteiger partial charge in [0, 0.05) is 19.2 Å². The van der Waals surface area contributed by atoms with Gasteiger partial charge in [-0.2, -0.15) is 0 Å². The highest BCUT2D eigenvalue weighted by molar-refractivity contribution is 9.10. The highest BCUT2D eigenvalue weighted by Gasteiger charge is 2.17. The molecule has 0 saturated carbocycles. The van der Waals surface area contributed by atoms with Crippen molar-refractivity contribution in [3.8, 4) is 22.9 Å². The minimum absolute atomic E-state index is 0.275. The summed E-state index contributed by atoms with van der Waals surface area (Å²) in [5.41, 5.74) is 7.63. The van der Waals surface area contributed by atoms with Crippen molar-refractivity contribution in [1.82, 2.24) is 9.55 Å². The molecule has 2 heterocycles. The SMILES string of the molecule is Cn1c(-c2ccc3c(c2)OCO3)nc(Br)c1CN. The molecule has 1 aromatic heterocycles. The van der Waals surface area contributed by atoms with E-state index in [0.29, 0.717) is 6.54 Å². The van der Waals surface area contributed by atoms with Gasteiger partial charge in [-0.15, -0.1) is 0 Å². The lowest BCUT2D eigenvalue weighted by Crippen LogP contribution is -2.04. The van der Waals surface area contributed by atoms with Crippen molar-refractivity contribution in [1.29, 1.82) is 0 Å². The first-order valence-corrected chi connectivity index (χ1v) is 6.31. The lowest BCUT2D eigenvalue weighted by atomic mass is 10.2. The summed E-state index contributed by atoms with van der Waals surface area (Å²) >= 11 is 3.42. The zero-order chi connectivity index (χ0) is 12.7. The number of benzene rings is 1. The van der Waals surface area contributed by atoms with Crippen LogP contribution < -0.4 is 15.2 Å². The number of aromatic nitrogens is 2. The van der Waals surface area contributed by atoms with Crippen LogP contribution in [0.1, 0.15) is 5.69 Å². The lowest BCUT2D eigenvalue weighted by molar-refractivity contribution is 0.174. The smallest absolute Gasteiger partial charge is 0.231 e. The molecule has 0 saturated heterocycles. The number of hydrogen-bond donors (Lipinski definition) is 1. The minimum Gasteiger partial charge on any atom is -0.454 e. The summed E-state index contributed by atoms with van der Waals surface area (Å²) < 4.78 is 13.4. The molecule has 94 valence electrons. The number of hydrogen-bond acceptors (Lipinski definition) is 4. The Bertz CT molecular complexity index is 610. The first kappa shape index (κ1) is 11.6. The number of fused-ring (bicyclic) bond motifs is 1. The molecule has 0 spiro atoms. The second-order valence-electron chi connectivity index (χ2n) is 4.00. The van der Waals surface area contributed by atoms with E-state index in [1.54, 1.807) is 0 Å². The molecular weight excluding hydrogens is 298 g/mol. The third kappa shape index (κ3) is 1.69. The Labute approximate surface area is 113 Å². The molecule has 1 aliphatic rings. The van der Waals surface area contributed by atoms with Crippen LogP contribution in [0.2, 0.25) is 0 Å². The highest BCUT2D eigenvalue weighted by atomic mass is 79.9. The van der Waals surface area contributed by atoms with E-state index >= 15 is 0 Å². The Hall–Kier alpha value is -1.53. The van der Waals surface area contributed by atoms with Crippen LogP contribution in [-0.4, -0.2) is 16.3 Å². The second kappa shape index (κ2) is 4.29. The molecule has 0 amide bonds. The molecule has 2 aromatic rings. The molecule has 2 N–H and O–H groups in total. The molecule has 0 radical (unpaired) electrons. The van der Waals surface area contributed by atoms with Crippen molar-refractivity contribution in [2.75, 3.05) is 6.79 Å². The normalized spacial score (nSPS) is 13.1. The number of nitrogens with two attached hydrogens (primary N) is 1. The topological polar surface area (TPSA) is 62.3 Å². The molecular formula is C12H12BrN3O2. The third-order valence-corrected chi connectivity index (χ3v) is 3.62. The van der Waals surface area contributed by atoms with Crippen molar-refractivity contribution in [3.63, 3.8) is 0 Å². The Kier molecular flexibility index (Phi) is 2.76. The maximum atomic E-state index is 5.70. The van der Waals surface area contributed by atoms with Crippen LogP contribution in [0.5, 0.6) is 11.5 Å². The van der Waals surface area contributed by atoms with Gasteiger partial charge in [0.15, 0.2) is 11.5 Å². The molecule has 0 fully saturated rings. The van der Waals surface area contributed by atoms with E-state index in [-0.39, 0.29) is 6.79 Å². The fourth-order valence-corrected chi connectivity index (χ4v) is 2.61. The molecule has 3 rings (SSSR count). The van der Waals surface area contributed by atoms with Gasteiger partial charge in [0.25, 0.3) is 0 Å². The monoisotopic (exact) mass is 309 g/mol. The molecule has 1 aromatic carbocycles. The average molecular weight is 310 g/mol. The molecule has 0 unspecified atom stereocenters. The Morgan fingerprint density at radius 2 is 2.17 bits per heavy atom. The predicted molar refractivity (Wildman–Crippen MR) is 70.4 cm³/mol. The molecule has 18 heavy (non-hydrogen) atoms. The molecule has 0 aliphatic carbocycles. The van der Waals surface area contributed by atoms with Crippen LogP contribution >= 0.6 is 15.9 Å². The predicted octanol–water partition coefficient (Wildman–Crippen LogP) is 2.04. The van der Waals surface area contributed by atoms with Crippen LogP contribution in [0.4, 0.5) is 0 Å². The van der Waals surface area contributed by atoms with E-state index in [4.69, 9.17) is 15.2 Å². The summed E-state index contributed by atoms with van der Waals surface area (Å²) in [6.07, 6.45) is 0. The molecule has 1 aliphatic heterocycles. The van der Waals surface area contributed by atoms with Gasteiger partial charge in [-0.3, -0.25) is 0 Å². The summed E-state index contributed by atoms with van der Waals surface area (Å²) in [7, 11) is 1.94. The quantitative estimate of drug-likeness (QED) is 0.922. The standard InChI is InChI=1S/C12H12BrN3O2/c1-16-8(5-14)11(13)15-12(16)7-2-3-9-10(4-7)18-6-17-9/h2-4H,5-6,14H2,1H3. The van der Waals surface area contributed by atoms with Gasteiger partial charge < -0.3 is 19.8 Å². The van der Waals surface area contributed by atoms with E-state index < -0.39 is 0 Å². The fraction of sp³-hybridized carbons (Fsp3) is 0.250. The van der Waals surface area contributed by atoms with Gasteiger partial charge in [-0.05, 0) is 34.1 Å². The van der Waals surface area contributed by atoms with Crippen molar-refractivity contribution in [2.45, 2.75) is 6.54 Å². The number of halogens is 1. The Morgan fingerprint density at radius 1 is 1.39 bits per heavy atom. The summed E-state index contributed by atoms with van der Waals surface area (Å²) in [6.45, 7) is 0.714. The summed E-state index contributed by atoms with van der Waals surface area (Å²) in [5.74, 6) is 2.37. The van der Waals surface area contributed by atoms with Crippen molar-refractivity contribution < 1.29 is 9.47 Å². The van der Waals surface area contributed by atoms with Crippen LogP contribution in [0.3, 0.4) is 0 Å². The van der Waals surface area contributed by atoms with E-state index in [1.165, 1.54) is 0 Å². The largest absolute Gasteiger partial charge is 0.454 e. The van der Waals surface area contributed by atoms with Crippen LogP contribution in [0, 0.1) is 0 Å². The van der Waals surface area contributed by atoms with Gasteiger partial charge in [0.2, 0.25) is 6.79 Å². The number of rotatable bonds is 2.